The normalized spacial score (nSPS) is 10.9. The molecular weight excluding hydrogens is 348 g/mol. The Morgan fingerprint density at radius 2 is 1.64 bits per heavy atom. The summed E-state index contributed by atoms with van der Waals surface area (Å²) in [4.78, 5) is 4.68. The van der Waals surface area contributed by atoms with Crippen molar-refractivity contribution in [2.75, 3.05) is 6.54 Å². The fourth-order valence-electron chi connectivity index (χ4n) is 3.05. The summed E-state index contributed by atoms with van der Waals surface area (Å²) >= 11 is 0. The molecule has 0 bridgehead atoms. The average molecular weight is 370 g/mol. The fraction of sp³-hybridized carbons (Fsp3) is 0.174. The molecule has 0 amide bonds. The van der Waals surface area contributed by atoms with Crippen molar-refractivity contribution >= 4 is 10.8 Å². The third kappa shape index (κ3) is 4.69. The largest absolute Gasteiger partial charge is 0.470 e. The van der Waals surface area contributed by atoms with Gasteiger partial charge >= 0.3 is 0 Å². The van der Waals surface area contributed by atoms with Gasteiger partial charge in [-0.2, -0.15) is 5.10 Å². The van der Waals surface area contributed by atoms with Gasteiger partial charge in [0.05, 0.1) is 17.6 Å². The minimum Gasteiger partial charge on any atom is -0.470 e. The van der Waals surface area contributed by atoms with Crippen molar-refractivity contribution in [1.29, 1.82) is 0 Å². The number of benzene rings is 2. The maximum absolute atomic E-state index is 5.89. The molecule has 0 spiro atoms. The van der Waals surface area contributed by atoms with Crippen LogP contribution in [0, 0.1) is 0 Å². The number of nitrogens with one attached hydrogen (secondary N) is 1. The van der Waals surface area contributed by atoms with Gasteiger partial charge in [-0.3, -0.25) is 4.98 Å². The van der Waals surface area contributed by atoms with Gasteiger partial charge in [0, 0.05) is 17.3 Å². The Morgan fingerprint density at radius 3 is 2.57 bits per heavy atom. The number of rotatable bonds is 8. The first-order valence-corrected chi connectivity index (χ1v) is 9.41. The van der Waals surface area contributed by atoms with Crippen LogP contribution in [0.1, 0.15) is 17.0 Å². The van der Waals surface area contributed by atoms with E-state index in [0.29, 0.717) is 12.5 Å². The zero-order valence-corrected chi connectivity index (χ0v) is 15.6. The van der Waals surface area contributed by atoms with E-state index in [0.717, 1.165) is 41.7 Å². The van der Waals surface area contributed by atoms with Crippen LogP contribution in [0.5, 0.6) is 5.88 Å². The van der Waals surface area contributed by atoms with Crippen LogP contribution in [0.3, 0.4) is 0 Å². The number of fused-ring (bicyclic) bond motifs is 1. The molecule has 0 aliphatic heterocycles. The van der Waals surface area contributed by atoms with E-state index < -0.39 is 0 Å². The SMILES string of the molecule is c1ccc(CCNCc2cccc(COc3nncc4ccccc34)n2)cc1. The number of nitrogens with zero attached hydrogens (tertiary/aromatic N) is 3. The third-order valence-electron chi connectivity index (χ3n) is 4.50. The molecule has 2 heterocycles. The van der Waals surface area contributed by atoms with E-state index in [2.05, 4.69) is 44.8 Å². The molecular formula is C23H22N4O. The van der Waals surface area contributed by atoms with Crippen molar-refractivity contribution in [3.05, 3.63) is 95.9 Å². The topological polar surface area (TPSA) is 59.9 Å². The summed E-state index contributed by atoms with van der Waals surface area (Å²) in [5.41, 5.74) is 3.21. The molecule has 28 heavy (non-hydrogen) atoms. The molecule has 0 aliphatic rings. The van der Waals surface area contributed by atoms with Crippen molar-refractivity contribution < 1.29 is 4.74 Å². The lowest BCUT2D eigenvalue weighted by Gasteiger charge is -2.09. The van der Waals surface area contributed by atoms with Crippen molar-refractivity contribution in [1.82, 2.24) is 20.5 Å². The van der Waals surface area contributed by atoms with Crippen molar-refractivity contribution in [2.24, 2.45) is 0 Å². The van der Waals surface area contributed by atoms with Crippen molar-refractivity contribution in [3.63, 3.8) is 0 Å². The number of hydrogen-bond donors (Lipinski definition) is 1. The second-order valence-electron chi connectivity index (χ2n) is 6.56. The van der Waals surface area contributed by atoms with Crippen molar-refractivity contribution in [3.8, 4) is 5.88 Å². The summed E-state index contributed by atoms with van der Waals surface area (Å²) in [6.07, 6.45) is 2.74. The highest BCUT2D eigenvalue weighted by Gasteiger charge is 2.05. The molecule has 0 saturated carbocycles. The molecule has 0 fully saturated rings. The minimum absolute atomic E-state index is 0.362. The second-order valence-corrected chi connectivity index (χ2v) is 6.56. The first-order chi connectivity index (χ1) is 13.9. The van der Waals surface area contributed by atoms with Crippen LogP contribution in [0.25, 0.3) is 10.8 Å². The first kappa shape index (κ1) is 18.1. The molecule has 5 nitrogen and oxygen atoms in total. The number of pyridine rings is 1. The Kier molecular flexibility index (Phi) is 5.85. The third-order valence-corrected chi connectivity index (χ3v) is 4.50. The summed E-state index contributed by atoms with van der Waals surface area (Å²) in [5, 5.41) is 13.5. The maximum Gasteiger partial charge on any atom is 0.241 e. The predicted molar refractivity (Wildman–Crippen MR) is 110 cm³/mol. The second kappa shape index (κ2) is 9.06. The molecule has 0 saturated heterocycles. The summed E-state index contributed by atoms with van der Waals surface area (Å²) in [6, 6.07) is 24.4. The Balaban J connectivity index is 1.32. The summed E-state index contributed by atoms with van der Waals surface area (Å²) in [6.45, 7) is 2.01. The molecule has 4 aromatic rings. The highest BCUT2D eigenvalue weighted by molar-refractivity contribution is 5.85. The molecule has 140 valence electrons. The highest BCUT2D eigenvalue weighted by Crippen LogP contribution is 2.21. The molecule has 0 unspecified atom stereocenters. The molecule has 2 aromatic carbocycles. The minimum atomic E-state index is 0.362. The summed E-state index contributed by atoms with van der Waals surface area (Å²) in [7, 11) is 0. The van der Waals surface area contributed by atoms with Gasteiger partial charge in [0.25, 0.3) is 0 Å². The zero-order chi connectivity index (χ0) is 19.0. The van der Waals surface area contributed by atoms with Gasteiger partial charge in [0.2, 0.25) is 5.88 Å². The lowest BCUT2D eigenvalue weighted by Crippen LogP contribution is -2.17. The summed E-state index contributed by atoms with van der Waals surface area (Å²) in [5.74, 6) is 0.534. The molecule has 5 heteroatoms. The van der Waals surface area contributed by atoms with E-state index in [4.69, 9.17) is 4.74 Å². The van der Waals surface area contributed by atoms with Crippen LogP contribution in [-0.2, 0) is 19.6 Å². The maximum atomic E-state index is 5.89. The molecule has 2 aromatic heterocycles. The molecule has 0 aliphatic carbocycles. The predicted octanol–water partition coefficient (Wildman–Crippen LogP) is 3.94. The van der Waals surface area contributed by atoms with Gasteiger partial charge in [-0.05, 0) is 36.7 Å². The van der Waals surface area contributed by atoms with E-state index >= 15 is 0 Å². The van der Waals surface area contributed by atoms with Gasteiger partial charge in [0.1, 0.15) is 6.61 Å². The molecule has 1 N–H and O–H groups in total. The average Bonchev–Trinajstić information content (AvgIpc) is 2.76. The van der Waals surface area contributed by atoms with E-state index in [9.17, 15) is 0 Å². The van der Waals surface area contributed by atoms with E-state index in [1.807, 2.05) is 48.5 Å². The number of aromatic nitrogens is 3. The van der Waals surface area contributed by atoms with Gasteiger partial charge in [-0.15, -0.1) is 5.10 Å². The van der Waals surface area contributed by atoms with Gasteiger partial charge in [-0.25, -0.2) is 0 Å². The standard InChI is InChI=1S/C23H22N4O/c1-2-7-18(8-3-1)13-14-24-16-20-10-6-11-21(26-20)17-28-23-22-12-5-4-9-19(22)15-25-27-23/h1-12,15,24H,13-14,16-17H2. The van der Waals surface area contributed by atoms with Crippen LogP contribution in [-0.4, -0.2) is 21.7 Å². The molecule has 0 radical (unpaired) electrons. The van der Waals surface area contributed by atoms with E-state index in [1.54, 1.807) is 6.20 Å². The number of hydrogen-bond acceptors (Lipinski definition) is 5. The Labute approximate surface area is 164 Å². The Hall–Kier alpha value is -3.31. The van der Waals surface area contributed by atoms with Crippen LogP contribution in [0.2, 0.25) is 0 Å². The van der Waals surface area contributed by atoms with E-state index in [-0.39, 0.29) is 0 Å². The quantitative estimate of drug-likeness (QED) is 0.476. The lowest BCUT2D eigenvalue weighted by atomic mass is 10.1. The zero-order valence-electron chi connectivity index (χ0n) is 15.6. The van der Waals surface area contributed by atoms with Crippen LogP contribution < -0.4 is 10.1 Å². The highest BCUT2D eigenvalue weighted by atomic mass is 16.5. The van der Waals surface area contributed by atoms with Gasteiger partial charge in [-0.1, -0.05) is 54.6 Å². The van der Waals surface area contributed by atoms with Crippen LogP contribution in [0.4, 0.5) is 0 Å². The van der Waals surface area contributed by atoms with Gasteiger partial charge < -0.3 is 10.1 Å². The monoisotopic (exact) mass is 370 g/mol. The smallest absolute Gasteiger partial charge is 0.241 e. The van der Waals surface area contributed by atoms with E-state index in [1.165, 1.54) is 5.56 Å². The molecule has 4 rings (SSSR count). The Bertz CT molecular complexity index is 1030. The van der Waals surface area contributed by atoms with Crippen LogP contribution in [0.15, 0.2) is 79.0 Å². The molecule has 0 atom stereocenters. The van der Waals surface area contributed by atoms with Gasteiger partial charge in [0.15, 0.2) is 0 Å². The summed E-state index contributed by atoms with van der Waals surface area (Å²) < 4.78 is 5.89. The number of ether oxygens (including phenoxy) is 1. The fourth-order valence-corrected chi connectivity index (χ4v) is 3.05. The van der Waals surface area contributed by atoms with Crippen LogP contribution >= 0.6 is 0 Å². The Morgan fingerprint density at radius 1 is 0.821 bits per heavy atom. The van der Waals surface area contributed by atoms with Crippen molar-refractivity contribution in [2.45, 2.75) is 19.6 Å². The first-order valence-electron chi connectivity index (χ1n) is 9.41. The lowest BCUT2D eigenvalue weighted by molar-refractivity contribution is 0.289.